The molecule has 6 heteroatoms. The summed E-state index contributed by atoms with van der Waals surface area (Å²) in [6.45, 7) is 12.9. The number of aryl methyl sites for hydroxylation is 3. The van der Waals surface area contributed by atoms with Crippen LogP contribution in [0.1, 0.15) is 39.8 Å². The van der Waals surface area contributed by atoms with Crippen molar-refractivity contribution in [3.05, 3.63) is 46.3 Å². The van der Waals surface area contributed by atoms with E-state index in [-0.39, 0.29) is 5.91 Å². The van der Waals surface area contributed by atoms with E-state index >= 15 is 0 Å². The summed E-state index contributed by atoms with van der Waals surface area (Å²) < 4.78 is 7.51. The maximum absolute atomic E-state index is 12.9. The molecule has 0 N–H and O–H groups in total. The first-order chi connectivity index (χ1) is 12.9. The zero-order chi connectivity index (χ0) is 19.6. The highest BCUT2D eigenvalue weighted by molar-refractivity contribution is 5.94. The molecule has 1 saturated heterocycles. The summed E-state index contributed by atoms with van der Waals surface area (Å²) in [5, 5.41) is 4.50. The van der Waals surface area contributed by atoms with Crippen molar-refractivity contribution in [1.29, 1.82) is 0 Å². The molecule has 0 atom stereocenters. The summed E-state index contributed by atoms with van der Waals surface area (Å²) in [4.78, 5) is 17.2. The molecule has 1 fully saturated rings. The van der Waals surface area contributed by atoms with Crippen LogP contribution < -0.4 is 4.74 Å². The Morgan fingerprint density at radius 1 is 1.15 bits per heavy atom. The van der Waals surface area contributed by atoms with Gasteiger partial charge in [0.2, 0.25) is 0 Å². The Morgan fingerprint density at radius 3 is 2.41 bits per heavy atom. The Kier molecular flexibility index (Phi) is 5.85. The van der Waals surface area contributed by atoms with Gasteiger partial charge in [-0.25, -0.2) is 0 Å². The van der Waals surface area contributed by atoms with Crippen LogP contribution in [0.2, 0.25) is 0 Å². The van der Waals surface area contributed by atoms with Crippen molar-refractivity contribution in [2.45, 2.75) is 34.2 Å². The van der Waals surface area contributed by atoms with Gasteiger partial charge in [0.1, 0.15) is 5.75 Å². The lowest BCUT2D eigenvalue weighted by molar-refractivity contribution is 0.0628. The van der Waals surface area contributed by atoms with Gasteiger partial charge in [-0.1, -0.05) is 0 Å². The second-order valence-corrected chi connectivity index (χ2v) is 7.25. The van der Waals surface area contributed by atoms with E-state index in [2.05, 4.69) is 23.8 Å². The Balaban J connectivity index is 1.60. The molecule has 2 heterocycles. The minimum absolute atomic E-state index is 0.106. The van der Waals surface area contributed by atoms with Gasteiger partial charge < -0.3 is 9.64 Å². The molecule has 3 rings (SSSR count). The summed E-state index contributed by atoms with van der Waals surface area (Å²) >= 11 is 0. The van der Waals surface area contributed by atoms with Gasteiger partial charge in [-0.2, -0.15) is 5.10 Å². The van der Waals surface area contributed by atoms with Gasteiger partial charge in [0.05, 0.1) is 12.3 Å². The molecule has 146 valence electrons. The lowest BCUT2D eigenvalue weighted by atomic mass is 10.1. The monoisotopic (exact) mass is 370 g/mol. The molecule has 0 bridgehead atoms. The molecule has 27 heavy (non-hydrogen) atoms. The van der Waals surface area contributed by atoms with Crippen molar-refractivity contribution in [2.24, 2.45) is 7.05 Å². The highest BCUT2D eigenvalue weighted by Crippen LogP contribution is 2.21. The summed E-state index contributed by atoms with van der Waals surface area (Å²) in [7, 11) is 1.99. The fourth-order valence-electron chi connectivity index (χ4n) is 3.66. The predicted molar refractivity (Wildman–Crippen MR) is 106 cm³/mol. The van der Waals surface area contributed by atoms with E-state index in [1.807, 2.05) is 48.7 Å². The lowest BCUT2D eigenvalue weighted by Gasteiger charge is -2.35. The van der Waals surface area contributed by atoms with Crippen molar-refractivity contribution >= 4 is 5.91 Å². The number of rotatable bonds is 5. The average molecular weight is 370 g/mol. The number of carbonyl (C=O) groups is 1. The largest absolute Gasteiger partial charge is 0.494 e. The van der Waals surface area contributed by atoms with E-state index in [4.69, 9.17) is 4.74 Å². The third-order valence-electron chi connectivity index (χ3n) is 5.42. The second kappa shape index (κ2) is 8.13. The summed E-state index contributed by atoms with van der Waals surface area (Å²) in [6.07, 6.45) is 0. The number of hydrogen-bond acceptors (Lipinski definition) is 4. The molecule has 2 aromatic rings. The van der Waals surface area contributed by atoms with Crippen molar-refractivity contribution in [1.82, 2.24) is 19.6 Å². The smallest absolute Gasteiger partial charge is 0.253 e. The first-order valence-corrected chi connectivity index (χ1v) is 9.64. The lowest BCUT2D eigenvalue weighted by Crippen LogP contribution is -2.48. The third-order valence-corrected chi connectivity index (χ3v) is 5.42. The van der Waals surface area contributed by atoms with Gasteiger partial charge in [-0.15, -0.1) is 0 Å². The summed E-state index contributed by atoms with van der Waals surface area (Å²) in [5.74, 6) is 0.954. The molecule has 1 aliphatic rings. The number of nitrogens with zero attached hydrogens (tertiary/aromatic N) is 4. The predicted octanol–water partition coefficient (Wildman–Crippen LogP) is 2.70. The quantitative estimate of drug-likeness (QED) is 0.812. The van der Waals surface area contributed by atoms with E-state index in [0.29, 0.717) is 6.61 Å². The number of aromatic nitrogens is 2. The maximum Gasteiger partial charge on any atom is 0.253 e. The van der Waals surface area contributed by atoms with E-state index in [1.165, 1.54) is 11.3 Å². The van der Waals surface area contributed by atoms with Gasteiger partial charge in [0.15, 0.2) is 0 Å². The van der Waals surface area contributed by atoms with Crippen LogP contribution in [0.3, 0.4) is 0 Å². The molecule has 6 nitrogen and oxygen atoms in total. The molecule has 1 aromatic carbocycles. The molecule has 0 saturated carbocycles. The van der Waals surface area contributed by atoms with E-state index in [1.54, 1.807) is 0 Å². The van der Waals surface area contributed by atoms with Crippen molar-refractivity contribution < 1.29 is 9.53 Å². The van der Waals surface area contributed by atoms with Crippen LogP contribution in [0.4, 0.5) is 0 Å². The highest BCUT2D eigenvalue weighted by atomic mass is 16.5. The Morgan fingerprint density at radius 2 is 1.85 bits per heavy atom. The molecule has 1 aromatic heterocycles. The third kappa shape index (κ3) is 4.16. The van der Waals surface area contributed by atoms with Gasteiger partial charge in [0, 0.05) is 56.6 Å². The Bertz CT molecular complexity index is 820. The number of benzene rings is 1. The standard InChI is InChI=1S/C21H30N4O2/c1-6-27-20-8-7-18(13-15(20)2)21(26)25-11-9-24(10-12-25)14-19-16(3)22-23(5)17(19)4/h7-8,13H,6,9-12,14H2,1-5H3. The van der Waals surface area contributed by atoms with Gasteiger partial charge in [0.25, 0.3) is 5.91 Å². The van der Waals surface area contributed by atoms with Crippen LogP contribution >= 0.6 is 0 Å². The number of piperazine rings is 1. The molecule has 0 spiro atoms. The maximum atomic E-state index is 12.9. The zero-order valence-corrected chi connectivity index (χ0v) is 17.1. The summed E-state index contributed by atoms with van der Waals surface area (Å²) in [5.41, 5.74) is 5.36. The molecule has 1 amide bonds. The van der Waals surface area contributed by atoms with Crippen molar-refractivity contribution in [2.75, 3.05) is 32.8 Å². The van der Waals surface area contributed by atoms with Crippen LogP contribution in [0.5, 0.6) is 5.75 Å². The fourth-order valence-corrected chi connectivity index (χ4v) is 3.66. The molecule has 0 unspecified atom stereocenters. The summed E-state index contributed by atoms with van der Waals surface area (Å²) in [6, 6.07) is 5.70. The van der Waals surface area contributed by atoms with Gasteiger partial charge >= 0.3 is 0 Å². The number of carbonyl (C=O) groups excluding carboxylic acids is 1. The Labute approximate surface area is 161 Å². The average Bonchev–Trinajstić information content (AvgIpc) is 2.90. The van der Waals surface area contributed by atoms with E-state index < -0.39 is 0 Å². The first-order valence-electron chi connectivity index (χ1n) is 9.64. The fraction of sp³-hybridized carbons (Fsp3) is 0.524. The van der Waals surface area contributed by atoms with Crippen LogP contribution in [0.25, 0.3) is 0 Å². The molecule has 0 radical (unpaired) electrons. The van der Waals surface area contributed by atoms with Crippen molar-refractivity contribution in [3.63, 3.8) is 0 Å². The normalized spacial score (nSPS) is 15.2. The minimum atomic E-state index is 0.106. The number of amides is 1. The first kappa shape index (κ1) is 19.4. The zero-order valence-electron chi connectivity index (χ0n) is 17.1. The number of ether oxygens (including phenoxy) is 1. The molecular weight excluding hydrogens is 340 g/mol. The van der Waals surface area contributed by atoms with Gasteiger partial charge in [-0.3, -0.25) is 14.4 Å². The van der Waals surface area contributed by atoms with Crippen molar-refractivity contribution in [3.8, 4) is 5.75 Å². The van der Waals surface area contributed by atoms with Gasteiger partial charge in [-0.05, 0) is 51.5 Å². The minimum Gasteiger partial charge on any atom is -0.494 e. The van der Waals surface area contributed by atoms with Crippen LogP contribution in [0.15, 0.2) is 18.2 Å². The number of hydrogen-bond donors (Lipinski definition) is 0. The van der Waals surface area contributed by atoms with E-state index in [9.17, 15) is 4.79 Å². The van der Waals surface area contributed by atoms with E-state index in [0.717, 1.165) is 55.3 Å². The Hall–Kier alpha value is -2.34. The van der Waals surface area contributed by atoms with Crippen LogP contribution in [-0.4, -0.2) is 58.3 Å². The van der Waals surface area contributed by atoms with Crippen LogP contribution in [-0.2, 0) is 13.6 Å². The van der Waals surface area contributed by atoms with Crippen LogP contribution in [0, 0.1) is 20.8 Å². The molecular formula is C21H30N4O2. The molecule has 0 aliphatic carbocycles. The molecule has 1 aliphatic heterocycles. The SMILES string of the molecule is CCOc1ccc(C(=O)N2CCN(Cc3c(C)nn(C)c3C)CC2)cc1C. The highest BCUT2D eigenvalue weighted by Gasteiger charge is 2.24. The topological polar surface area (TPSA) is 50.6 Å². The second-order valence-electron chi connectivity index (χ2n) is 7.25.